The van der Waals surface area contributed by atoms with Crippen molar-refractivity contribution in [1.82, 2.24) is 5.32 Å². The van der Waals surface area contributed by atoms with Crippen LogP contribution in [0.15, 0.2) is 36.0 Å². The number of carbonyl (C=O) groups is 1. The average molecular weight is 278 g/mol. The first-order valence-electron chi connectivity index (χ1n) is 6.51. The molecule has 0 aromatic rings. The molecular weight excluding hydrogens is 256 g/mol. The molecule has 0 radical (unpaired) electrons. The number of nitriles is 1. The van der Waals surface area contributed by atoms with Gasteiger partial charge in [-0.15, -0.1) is 0 Å². The molecule has 0 heterocycles. The first kappa shape index (κ1) is 18.1. The predicted molar refractivity (Wildman–Crippen MR) is 78.0 cm³/mol. The molecular formula is C15H22N2O3. The van der Waals surface area contributed by atoms with Gasteiger partial charge < -0.3 is 14.8 Å². The van der Waals surface area contributed by atoms with Gasteiger partial charge in [-0.3, -0.25) is 0 Å². The minimum atomic E-state index is -0.407. The molecule has 110 valence electrons. The van der Waals surface area contributed by atoms with Crippen molar-refractivity contribution in [2.45, 2.75) is 13.3 Å². The first-order chi connectivity index (χ1) is 9.74. The van der Waals surface area contributed by atoms with Crippen molar-refractivity contribution < 1.29 is 14.3 Å². The van der Waals surface area contributed by atoms with Gasteiger partial charge in [0.2, 0.25) is 0 Å². The van der Waals surface area contributed by atoms with Gasteiger partial charge in [-0.1, -0.05) is 18.2 Å². The van der Waals surface area contributed by atoms with E-state index in [4.69, 9.17) is 14.7 Å². The molecule has 0 aromatic heterocycles. The average Bonchev–Trinajstić information content (AvgIpc) is 2.46. The lowest BCUT2D eigenvalue weighted by atomic mass is 10.2. The summed E-state index contributed by atoms with van der Waals surface area (Å²) in [5, 5.41) is 11.4. The van der Waals surface area contributed by atoms with Gasteiger partial charge in [-0.2, -0.15) is 5.26 Å². The zero-order valence-electron chi connectivity index (χ0n) is 12.1. The third-order valence-corrected chi connectivity index (χ3v) is 2.23. The number of allylic oxidation sites excluding steroid dienone is 5. The fourth-order valence-corrected chi connectivity index (χ4v) is 1.19. The Labute approximate surface area is 120 Å². The summed E-state index contributed by atoms with van der Waals surface area (Å²) < 4.78 is 10.2. The van der Waals surface area contributed by atoms with Gasteiger partial charge in [0.25, 0.3) is 0 Å². The van der Waals surface area contributed by atoms with Crippen molar-refractivity contribution in [3.8, 4) is 6.07 Å². The molecule has 0 aliphatic rings. The highest BCUT2D eigenvalue weighted by molar-refractivity contribution is 5.82. The largest absolute Gasteiger partial charge is 0.460 e. The zero-order chi connectivity index (χ0) is 15.1. The molecule has 0 bridgehead atoms. The topological polar surface area (TPSA) is 71.4 Å². The van der Waals surface area contributed by atoms with Crippen LogP contribution in [0.3, 0.4) is 0 Å². The van der Waals surface area contributed by atoms with Crippen LogP contribution in [0.4, 0.5) is 0 Å². The van der Waals surface area contributed by atoms with E-state index in [9.17, 15) is 4.79 Å². The quantitative estimate of drug-likeness (QED) is 0.285. The van der Waals surface area contributed by atoms with Crippen LogP contribution >= 0.6 is 0 Å². The molecule has 20 heavy (non-hydrogen) atoms. The molecule has 0 unspecified atom stereocenters. The Morgan fingerprint density at radius 1 is 1.25 bits per heavy atom. The molecule has 0 amide bonds. The number of likely N-dealkylation sites (N-methyl/N-ethyl adjacent to an activating group) is 1. The number of carbonyl (C=O) groups excluding carboxylic acids is 1. The second-order valence-electron chi connectivity index (χ2n) is 3.77. The van der Waals surface area contributed by atoms with E-state index in [0.29, 0.717) is 19.6 Å². The summed E-state index contributed by atoms with van der Waals surface area (Å²) in [5.74, 6) is -0.407. The van der Waals surface area contributed by atoms with Crippen LogP contribution in [0.1, 0.15) is 13.3 Å². The summed E-state index contributed by atoms with van der Waals surface area (Å²) in [5.41, 5.74) is 0.850. The lowest BCUT2D eigenvalue weighted by molar-refractivity contribution is -0.139. The molecule has 0 saturated carbocycles. The van der Waals surface area contributed by atoms with E-state index in [1.807, 2.05) is 26.1 Å². The molecule has 0 aliphatic heterocycles. The fourth-order valence-electron chi connectivity index (χ4n) is 1.19. The summed E-state index contributed by atoms with van der Waals surface area (Å²) >= 11 is 0. The summed E-state index contributed by atoms with van der Waals surface area (Å²) in [4.78, 5) is 11.4. The maximum absolute atomic E-state index is 11.4. The number of hydrogen-bond acceptors (Lipinski definition) is 5. The minimum Gasteiger partial charge on any atom is -0.460 e. The molecule has 5 heteroatoms. The summed E-state index contributed by atoms with van der Waals surface area (Å²) in [7, 11) is 1.85. The minimum absolute atomic E-state index is 0.238. The Balaban J connectivity index is 3.88. The van der Waals surface area contributed by atoms with Crippen LogP contribution in [-0.2, 0) is 14.3 Å². The molecule has 1 N–H and O–H groups in total. The van der Waals surface area contributed by atoms with Gasteiger partial charge in [0.05, 0.1) is 25.7 Å². The molecule has 0 atom stereocenters. The molecule has 5 nitrogen and oxygen atoms in total. The van der Waals surface area contributed by atoms with Crippen molar-refractivity contribution in [2.24, 2.45) is 0 Å². The molecule has 0 aliphatic carbocycles. The van der Waals surface area contributed by atoms with Crippen molar-refractivity contribution in [3.05, 3.63) is 36.0 Å². The third kappa shape index (κ3) is 11.2. The predicted octanol–water partition coefficient (Wildman–Crippen LogP) is 1.74. The van der Waals surface area contributed by atoms with E-state index in [2.05, 4.69) is 5.32 Å². The third-order valence-electron chi connectivity index (χ3n) is 2.23. The van der Waals surface area contributed by atoms with E-state index < -0.39 is 5.97 Å². The number of esters is 1. The van der Waals surface area contributed by atoms with Gasteiger partial charge >= 0.3 is 5.97 Å². The van der Waals surface area contributed by atoms with Crippen molar-refractivity contribution >= 4 is 5.97 Å². The molecule has 0 spiro atoms. The van der Waals surface area contributed by atoms with Crippen LogP contribution in [0.25, 0.3) is 0 Å². The van der Waals surface area contributed by atoms with Gasteiger partial charge in [0.15, 0.2) is 0 Å². The highest BCUT2D eigenvalue weighted by atomic mass is 16.6. The number of hydrogen-bond donors (Lipinski definition) is 1. The molecule has 0 fully saturated rings. The maximum atomic E-state index is 11.4. The van der Waals surface area contributed by atoms with Gasteiger partial charge in [-0.25, -0.2) is 4.79 Å². The number of nitrogens with zero attached hydrogens (tertiary/aromatic N) is 1. The van der Waals surface area contributed by atoms with Crippen LogP contribution < -0.4 is 5.32 Å². The van der Waals surface area contributed by atoms with E-state index >= 15 is 0 Å². The van der Waals surface area contributed by atoms with E-state index in [-0.39, 0.29) is 6.61 Å². The highest BCUT2D eigenvalue weighted by Crippen LogP contribution is 2.00. The van der Waals surface area contributed by atoms with Crippen LogP contribution in [-0.4, -0.2) is 39.4 Å². The number of rotatable bonds is 10. The second-order valence-corrected chi connectivity index (χ2v) is 3.77. The first-order valence-corrected chi connectivity index (χ1v) is 6.51. The fraction of sp³-hybridized carbons (Fsp3) is 0.467. The highest BCUT2D eigenvalue weighted by Gasteiger charge is 1.96. The zero-order valence-corrected chi connectivity index (χ0v) is 12.1. The standard InChI is InChI=1S/C15H22N2O3/c1-3-14(6-4-5-9-16)7-8-15(18)20-13-12-19-11-10-17-2/h3-4,6-8,17H,5,10-13H2,1-2H3/b6-4-,8-7+,14-3+. The Morgan fingerprint density at radius 3 is 2.70 bits per heavy atom. The van der Waals surface area contributed by atoms with Crippen LogP contribution in [0, 0.1) is 11.3 Å². The number of nitrogens with one attached hydrogen (secondary N) is 1. The molecule has 0 rings (SSSR count). The Kier molecular flexibility index (Phi) is 12.2. The van der Waals surface area contributed by atoms with E-state index in [0.717, 1.165) is 12.1 Å². The lowest BCUT2D eigenvalue weighted by Crippen LogP contribution is -2.16. The summed E-state index contributed by atoms with van der Waals surface area (Å²) in [6.07, 6.45) is 8.73. The summed E-state index contributed by atoms with van der Waals surface area (Å²) in [6, 6.07) is 2.01. The van der Waals surface area contributed by atoms with E-state index in [1.165, 1.54) is 6.08 Å². The van der Waals surface area contributed by atoms with Crippen LogP contribution in [0.2, 0.25) is 0 Å². The smallest absolute Gasteiger partial charge is 0.330 e. The normalized spacial score (nSPS) is 11.9. The van der Waals surface area contributed by atoms with Crippen molar-refractivity contribution in [3.63, 3.8) is 0 Å². The SMILES string of the molecule is C/C=C(\C=C/CC#N)/C=C/C(=O)OCCOCCNC. The van der Waals surface area contributed by atoms with Crippen molar-refractivity contribution in [2.75, 3.05) is 33.4 Å². The Bertz CT molecular complexity index is 392. The molecule has 0 aromatic carbocycles. The van der Waals surface area contributed by atoms with Crippen LogP contribution in [0.5, 0.6) is 0 Å². The van der Waals surface area contributed by atoms with E-state index in [1.54, 1.807) is 18.2 Å². The second kappa shape index (κ2) is 13.5. The lowest BCUT2D eigenvalue weighted by Gasteiger charge is -2.03. The summed E-state index contributed by atoms with van der Waals surface area (Å²) in [6.45, 7) is 3.85. The molecule has 0 saturated heterocycles. The monoisotopic (exact) mass is 278 g/mol. The van der Waals surface area contributed by atoms with Gasteiger partial charge in [0.1, 0.15) is 6.61 Å². The van der Waals surface area contributed by atoms with Crippen molar-refractivity contribution in [1.29, 1.82) is 5.26 Å². The Morgan fingerprint density at radius 2 is 2.05 bits per heavy atom. The maximum Gasteiger partial charge on any atom is 0.330 e. The number of ether oxygens (including phenoxy) is 2. The Hall–Kier alpha value is -1.90. The van der Waals surface area contributed by atoms with Gasteiger partial charge in [-0.05, 0) is 25.6 Å². The van der Waals surface area contributed by atoms with Gasteiger partial charge in [0, 0.05) is 12.6 Å².